The quantitative estimate of drug-likeness (QED) is 0.0675. The van der Waals surface area contributed by atoms with Gasteiger partial charge < -0.3 is 53.0 Å². The van der Waals surface area contributed by atoms with Crippen molar-refractivity contribution < 1.29 is 67.4 Å². The number of hydrogen-bond acceptors (Lipinski definition) is 19. The molecule has 6 aromatic carbocycles. The smallest absolute Gasteiger partial charge is 0.490 e. The van der Waals surface area contributed by atoms with E-state index in [4.69, 9.17) is 57.8 Å². The van der Waals surface area contributed by atoms with Crippen LogP contribution in [0, 0.1) is 41.5 Å². The molecule has 111 heavy (non-hydrogen) atoms. The lowest BCUT2D eigenvalue weighted by molar-refractivity contribution is -0.167. The molecule has 20 nitrogen and oxygen atoms in total. The molecule has 3 aliphatic heterocycles. The molecule has 0 saturated carbocycles. The Balaban J connectivity index is 0.000000152. The van der Waals surface area contributed by atoms with Crippen LogP contribution in [0.25, 0.3) is 87.7 Å². The fourth-order valence-electron chi connectivity index (χ4n) is 14.6. The highest BCUT2D eigenvalue weighted by atomic mass is 79.9. The zero-order valence-corrected chi connectivity index (χ0v) is 68.3. The van der Waals surface area contributed by atoms with Crippen LogP contribution in [0.2, 0.25) is 0 Å². The number of nitrogens with zero attached hydrogens (tertiary/aromatic N) is 6. The first-order chi connectivity index (χ1) is 52.2. The van der Waals surface area contributed by atoms with Gasteiger partial charge >= 0.3 is 25.0 Å². The number of aliphatic carboxylic acids is 1. The van der Waals surface area contributed by atoms with Gasteiger partial charge in [-0.1, -0.05) is 18.2 Å². The zero-order chi connectivity index (χ0) is 79.0. The second-order valence-corrected chi connectivity index (χ2v) is 31.5. The number of carbonyl (C=O) groups excluding carboxylic acids is 2. The van der Waals surface area contributed by atoms with E-state index in [1.807, 2.05) is 208 Å². The van der Waals surface area contributed by atoms with E-state index in [0.29, 0.717) is 43.0 Å². The minimum Gasteiger partial charge on any atom is -0.493 e. The van der Waals surface area contributed by atoms with Gasteiger partial charge in [0.25, 0.3) is 0 Å². The Hall–Kier alpha value is -9.78. The number of rotatable bonds is 14. The third-order valence-corrected chi connectivity index (χ3v) is 19.9. The summed E-state index contributed by atoms with van der Waals surface area (Å²) in [5.74, 6) is 0.599. The highest BCUT2D eigenvalue weighted by Crippen LogP contribution is 2.48. The van der Waals surface area contributed by atoms with E-state index in [-0.39, 0.29) is 25.0 Å². The largest absolute Gasteiger partial charge is 0.493 e. The number of aryl methyl sites for hydroxylation is 6. The van der Waals surface area contributed by atoms with E-state index >= 15 is 0 Å². The maximum absolute atomic E-state index is 13.4. The fraction of sp³-hybridized carbons (Fsp3) is 0.352. The number of aromatic nitrogens is 6. The minimum absolute atomic E-state index is 0. The average Bonchev–Trinajstić information content (AvgIpc) is 0.738. The summed E-state index contributed by atoms with van der Waals surface area (Å²) < 4.78 is 47.6. The first-order valence-corrected chi connectivity index (χ1v) is 38.0. The minimum atomic E-state index is -1.50. The van der Waals surface area contributed by atoms with Gasteiger partial charge in [-0.25, -0.2) is 14.4 Å². The third kappa shape index (κ3) is 17.8. The Morgan fingerprint density at radius 1 is 0.468 bits per heavy atom. The second kappa shape index (κ2) is 33.7. The third-order valence-electron chi connectivity index (χ3n) is 19.1. The van der Waals surface area contributed by atoms with Gasteiger partial charge in [0.1, 0.15) is 17.2 Å². The molecule has 3 N–H and O–H groups in total. The van der Waals surface area contributed by atoms with E-state index in [1.165, 1.54) is 11.1 Å². The Morgan fingerprint density at radius 2 is 0.811 bits per heavy atom. The molecule has 0 radical (unpaired) electrons. The number of pyridine rings is 6. The van der Waals surface area contributed by atoms with Crippen LogP contribution in [0.15, 0.2) is 132 Å². The number of carbonyl (C=O) groups is 3. The van der Waals surface area contributed by atoms with Crippen molar-refractivity contribution >= 4 is 124 Å². The van der Waals surface area contributed by atoms with Crippen molar-refractivity contribution in [1.82, 2.24) is 29.9 Å². The van der Waals surface area contributed by atoms with Crippen LogP contribution in [0.3, 0.4) is 0 Å². The number of halogens is 2. The molecule has 12 aromatic rings. The summed E-state index contributed by atoms with van der Waals surface area (Å²) in [6, 6.07) is 35.4. The first kappa shape index (κ1) is 82.2. The van der Waals surface area contributed by atoms with Crippen LogP contribution in [0.1, 0.15) is 162 Å². The van der Waals surface area contributed by atoms with Crippen molar-refractivity contribution in [3.63, 3.8) is 0 Å². The van der Waals surface area contributed by atoms with Crippen molar-refractivity contribution in [2.75, 3.05) is 33.0 Å². The number of ether oxygens (including phenoxy) is 8. The van der Waals surface area contributed by atoms with Crippen molar-refractivity contribution in [2.45, 2.75) is 172 Å². The van der Waals surface area contributed by atoms with Gasteiger partial charge in [0.05, 0.1) is 82.9 Å². The van der Waals surface area contributed by atoms with Gasteiger partial charge in [-0.15, -0.1) is 12.4 Å². The number of fused-ring (bicyclic) bond motifs is 3. The summed E-state index contributed by atoms with van der Waals surface area (Å²) in [6.45, 7) is 35.1. The summed E-state index contributed by atoms with van der Waals surface area (Å²) >= 11 is 3.66. The Morgan fingerprint density at radius 3 is 1.20 bits per heavy atom. The summed E-state index contributed by atoms with van der Waals surface area (Å²) in [4.78, 5) is 66.4. The molecule has 6 aromatic heterocycles. The Bertz CT molecular complexity index is 5550. The maximum atomic E-state index is 13.4. The Kier molecular flexibility index (Phi) is 24.9. The molecular formula is C88H95BBrClN6O14. The number of carboxylic acid groups (broad SMARTS) is 1. The molecule has 23 heteroatoms. The van der Waals surface area contributed by atoms with Gasteiger partial charge in [0, 0.05) is 125 Å². The number of hydrogen-bond donors (Lipinski definition) is 3. The van der Waals surface area contributed by atoms with Crippen molar-refractivity contribution in [3.05, 3.63) is 199 Å². The lowest BCUT2D eigenvalue weighted by Crippen LogP contribution is -2.31. The number of carboxylic acids is 1. The molecule has 15 rings (SSSR count). The summed E-state index contributed by atoms with van der Waals surface area (Å²) in [6.07, 6.45) is 4.98. The van der Waals surface area contributed by atoms with Gasteiger partial charge in [-0.2, -0.15) is 0 Å². The molecule has 0 bridgehead atoms. The molecule has 9 heterocycles. The molecule has 0 saturated heterocycles. The fourth-order valence-corrected chi connectivity index (χ4v) is 15.5. The van der Waals surface area contributed by atoms with Crippen LogP contribution in [0.4, 0.5) is 0 Å². The first-order valence-electron chi connectivity index (χ1n) is 37.2. The zero-order valence-electron chi connectivity index (χ0n) is 65.9. The van der Waals surface area contributed by atoms with E-state index in [1.54, 1.807) is 25.3 Å². The van der Waals surface area contributed by atoms with Gasteiger partial charge in [-0.05, 0) is 269 Å². The molecular weight excluding hydrogens is 1490 g/mol. The highest BCUT2D eigenvalue weighted by molar-refractivity contribution is 9.10. The topological polar surface area (TPSA) is 263 Å². The van der Waals surface area contributed by atoms with Gasteiger partial charge in [0.2, 0.25) is 0 Å². The summed E-state index contributed by atoms with van der Waals surface area (Å²) in [7, 11) is -1.50. The summed E-state index contributed by atoms with van der Waals surface area (Å²) in [5, 5.41) is 34.5. The van der Waals surface area contributed by atoms with E-state index in [9.17, 15) is 29.5 Å². The van der Waals surface area contributed by atoms with Gasteiger partial charge in [-0.3, -0.25) is 29.9 Å². The molecule has 3 aliphatic rings. The van der Waals surface area contributed by atoms with Crippen LogP contribution >= 0.6 is 28.3 Å². The molecule has 0 aliphatic carbocycles. The predicted octanol–water partition coefficient (Wildman–Crippen LogP) is 17.7. The predicted molar refractivity (Wildman–Crippen MR) is 441 cm³/mol. The SMILES string of the molecule is CCOC(=O)[C@@H](OC(C)(C)C)c1c(C)cc2nc(C)ccc2c1-c1ccc2c3c(ccnc13)CCO2.CCOC(=O)[C@@H](OC(C)(C)C)c1c(C)cc2nc(C)ccc2c1Br.Cc1ccc2c(-c3ccc4c5c(ccnc35)CCO4)c([C@H](OC(C)(C)C)C(=O)O)c(C)cc2n1.Cl.OB(O)c1ccc2c3c(ccnc13)CCO2. The number of benzene rings is 6. The van der Waals surface area contributed by atoms with Gasteiger partial charge in [0.15, 0.2) is 18.3 Å². The van der Waals surface area contributed by atoms with Crippen molar-refractivity contribution in [2.24, 2.45) is 0 Å². The maximum Gasteiger partial charge on any atom is 0.490 e. The molecule has 578 valence electrons. The van der Waals surface area contributed by atoms with E-state index in [0.717, 1.165) is 174 Å². The monoisotopic (exact) mass is 1580 g/mol. The number of esters is 2. The average molecular weight is 1590 g/mol. The van der Waals surface area contributed by atoms with E-state index < -0.39 is 54.2 Å². The molecule has 0 spiro atoms. The van der Waals surface area contributed by atoms with Crippen LogP contribution < -0.4 is 19.7 Å². The molecule has 0 amide bonds. The standard InChI is InChI=1S/C30H32N2O4.C28H28N2O4.C19H24BrNO3.C11H10BNO3.ClH/c1-7-34-29(33)28(36-30(4,5)6)24-17(2)16-22-20(9-8-18(3)32-22)26(24)21-10-11-23-25-19(13-15-35-23)12-14-31-27(21)25;1-15-14-20-18(7-6-16(2)30-20)24(22(15)26(27(31)32)34-28(3,4)5)19-8-9-21-23-17(11-13-33-21)10-12-29-25(19)23;1-7-23-18(22)17(24-19(4,5)6)15-11(2)10-14-13(16(15)20)9-8-12(3)21-14;14-12(15)8-1-2-9-10-7(4-6-16-9)3-5-13-11(8)10;/h8-12,14,16,28H,7,13,15H2,1-6H3;6-10,12,14,26H,11,13H2,1-5H3,(H,31,32);8-10,17H,7H2,1-6H3;1-3,5,14-15H,4,6H2;1H/t28-;26-;17-;;/m000../s1. The van der Waals surface area contributed by atoms with Crippen LogP contribution in [-0.2, 0) is 57.3 Å². The molecule has 3 atom stereocenters. The lowest BCUT2D eigenvalue weighted by Gasteiger charge is -2.30. The van der Waals surface area contributed by atoms with Crippen LogP contribution in [-0.4, -0.2) is 120 Å². The normalized spacial score (nSPS) is 13.7. The lowest BCUT2D eigenvalue weighted by atomic mass is 9.78. The van der Waals surface area contributed by atoms with Crippen LogP contribution in [0.5, 0.6) is 17.2 Å². The van der Waals surface area contributed by atoms with Crippen molar-refractivity contribution in [1.29, 1.82) is 0 Å². The van der Waals surface area contributed by atoms with Crippen molar-refractivity contribution in [3.8, 4) is 39.5 Å². The summed E-state index contributed by atoms with van der Waals surface area (Å²) in [5.41, 5.74) is 18.2. The Labute approximate surface area is 661 Å². The molecule has 0 unspecified atom stereocenters. The second-order valence-electron chi connectivity index (χ2n) is 30.7. The van der Waals surface area contributed by atoms with E-state index in [2.05, 4.69) is 38.0 Å². The molecule has 0 fully saturated rings. The highest BCUT2D eigenvalue weighted by Gasteiger charge is 2.37.